The van der Waals surface area contributed by atoms with Gasteiger partial charge < -0.3 is 25.8 Å². The number of fused-ring (bicyclic) bond motifs is 3. The summed E-state index contributed by atoms with van der Waals surface area (Å²) in [4.78, 5) is 93.7. The molecule has 16 nitrogen and oxygen atoms in total. The van der Waals surface area contributed by atoms with Crippen molar-refractivity contribution in [2.75, 3.05) is 58.9 Å². The van der Waals surface area contributed by atoms with Crippen LogP contribution >= 0.6 is 69.3 Å². The summed E-state index contributed by atoms with van der Waals surface area (Å²) in [5.41, 5.74) is 6.69. The smallest absolute Gasteiger partial charge is 0.246 e. The summed E-state index contributed by atoms with van der Waals surface area (Å²) in [6.45, 7) is 10.2. The maximum atomic E-state index is 14.6. The van der Waals surface area contributed by atoms with Crippen molar-refractivity contribution in [1.29, 1.82) is 0 Å². The molecule has 3 aliphatic heterocycles. The maximum Gasteiger partial charge on any atom is 0.246 e. The molecule has 0 aliphatic carbocycles. The van der Waals surface area contributed by atoms with E-state index in [1.807, 2.05) is 71.0 Å². The van der Waals surface area contributed by atoms with Crippen LogP contribution in [0.3, 0.4) is 0 Å². The number of aliphatic imine (C=N–C) groups is 1. The summed E-state index contributed by atoms with van der Waals surface area (Å²) in [6.07, 6.45) is 8.88. The molecule has 4 aromatic carbocycles. The molecule has 0 bridgehead atoms. The summed E-state index contributed by atoms with van der Waals surface area (Å²) >= 11 is 33.0. The molecule has 6 aromatic rings. The number of hydrogen-bond donors (Lipinski definition) is 3. The van der Waals surface area contributed by atoms with Gasteiger partial charge in [-0.25, -0.2) is 0 Å². The van der Waals surface area contributed by atoms with Gasteiger partial charge in [0.15, 0.2) is 11.6 Å². The number of piperidine rings is 1. The van der Waals surface area contributed by atoms with Gasteiger partial charge in [0.2, 0.25) is 29.5 Å². The minimum Gasteiger partial charge on any atom is -0.356 e. The quantitative estimate of drug-likeness (QED) is 0.0391. The maximum absolute atomic E-state index is 14.6. The average molecular weight is 1310 g/mol. The Morgan fingerprint density at radius 3 is 1.94 bits per heavy atom. The fourth-order valence-electron chi connectivity index (χ4n) is 11.1. The Hall–Kier alpha value is -6.70. The second-order valence-electron chi connectivity index (χ2n) is 22.4. The Morgan fingerprint density at radius 1 is 0.659 bits per heavy atom. The Balaban J connectivity index is 0.659. The van der Waals surface area contributed by atoms with E-state index in [0.717, 1.165) is 64.5 Å². The number of aryl methyl sites for hydroxylation is 2. The van der Waals surface area contributed by atoms with E-state index in [2.05, 4.69) is 44.9 Å². The van der Waals surface area contributed by atoms with Crippen molar-refractivity contribution < 1.29 is 28.8 Å². The van der Waals surface area contributed by atoms with Crippen molar-refractivity contribution >= 4 is 123 Å². The van der Waals surface area contributed by atoms with Gasteiger partial charge >= 0.3 is 0 Å². The number of piperazine rings is 1. The number of carbonyl (C=O) groups excluding carboxylic acids is 6. The summed E-state index contributed by atoms with van der Waals surface area (Å²) in [5, 5.41) is 21.0. The molecule has 2 fully saturated rings. The van der Waals surface area contributed by atoms with Crippen LogP contribution < -0.4 is 16.0 Å². The number of halogens is 5. The number of aromatic nitrogens is 3. The van der Waals surface area contributed by atoms with Crippen LogP contribution in [0.4, 0.5) is 0 Å². The summed E-state index contributed by atoms with van der Waals surface area (Å²) in [5.74, 6) is 0.335. The summed E-state index contributed by atoms with van der Waals surface area (Å²) in [7, 11) is 0. The standard InChI is InChI=1S/C66H71Cl5N10O6S/c1-41-42(2)88-66-61(41)62(47-20-22-50(67)23-21-47)75-55(64-77-76-43(3)81(64)66)38-59(84)73-27-28-78-29-31-79(32-30-78)60(85)17-12-16-57(82)72-26-11-6-4-5-10-15-58(83)74-56(37-44-13-8-7-9-14-44)65(87)80-39-48(33-45-18-24-51(68)53(70)35-45)63(86)49(40-80)34-46-19-25-52(69)54(71)36-46/h7-9,13-14,18-25,33-36,55-56H,4-6,10-12,15-17,26-32,37-40H2,1-3H3,(H,72,82)(H,73,84)(H,74,83)/b48-33+,49-34+/t55-,56-/m0/s1. The zero-order chi connectivity index (χ0) is 62.4. The van der Waals surface area contributed by atoms with E-state index in [9.17, 15) is 28.8 Å². The molecule has 3 N–H and O–H groups in total. The highest BCUT2D eigenvalue weighted by Gasteiger charge is 2.35. The Kier molecular flexibility index (Phi) is 23.3. The van der Waals surface area contributed by atoms with Crippen molar-refractivity contribution in [3.63, 3.8) is 0 Å². The van der Waals surface area contributed by atoms with E-state index in [4.69, 9.17) is 63.0 Å². The van der Waals surface area contributed by atoms with Crippen molar-refractivity contribution in [2.24, 2.45) is 4.99 Å². The van der Waals surface area contributed by atoms with E-state index >= 15 is 0 Å². The van der Waals surface area contributed by atoms with Gasteiger partial charge in [-0.3, -0.25) is 43.2 Å². The third-order valence-corrected chi connectivity index (χ3v) is 18.9. The minimum absolute atomic E-state index is 0.00293. The molecule has 9 rings (SSSR count). The molecule has 5 heterocycles. The molecule has 88 heavy (non-hydrogen) atoms. The number of rotatable bonds is 24. The molecule has 2 saturated heterocycles. The first-order chi connectivity index (χ1) is 42.4. The molecular formula is C66H71Cl5N10O6S. The predicted octanol–water partition coefficient (Wildman–Crippen LogP) is 12.0. The van der Waals surface area contributed by atoms with Gasteiger partial charge in [0.05, 0.1) is 32.2 Å². The molecule has 2 aromatic heterocycles. The molecule has 5 amide bonds. The van der Waals surface area contributed by atoms with Crippen LogP contribution in [-0.4, -0.2) is 135 Å². The largest absolute Gasteiger partial charge is 0.356 e. The predicted molar refractivity (Wildman–Crippen MR) is 351 cm³/mol. The SMILES string of the molecule is Cc1sc2c(c1C)C(c1ccc(Cl)cc1)=N[C@@H](CC(=O)NCCN1CCN(C(=O)CCCC(=O)NCCCCCCCC(=O)N[C@@H](Cc3ccccc3)C(=O)N3C/C(=C\c4ccc(Cl)c(Cl)c4)C(=O)/C(=C/c4ccc(Cl)c(Cl)c4)C3)CC1)c1nnc(C)n1-2. The lowest BCUT2D eigenvalue weighted by atomic mass is 9.93. The van der Waals surface area contributed by atoms with Crippen LogP contribution in [-0.2, 0) is 35.2 Å². The number of hydrogen-bond acceptors (Lipinski definition) is 11. The summed E-state index contributed by atoms with van der Waals surface area (Å²) < 4.78 is 2.04. The van der Waals surface area contributed by atoms with Gasteiger partial charge in [0.1, 0.15) is 22.9 Å². The van der Waals surface area contributed by atoms with Gasteiger partial charge in [-0.05, 0) is 111 Å². The van der Waals surface area contributed by atoms with E-state index in [0.29, 0.717) is 118 Å². The minimum atomic E-state index is -0.906. The van der Waals surface area contributed by atoms with Crippen LogP contribution in [0.15, 0.2) is 107 Å². The van der Waals surface area contributed by atoms with Gasteiger partial charge in [-0.1, -0.05) is 132 Å². The molecule has 0 radical (unpaired) electrons. The molecule has 462 valence electrons. The number of amides is 5. The topological polar surface area (TPSA) is 191 Å². The van der Waals surface area contributed by atoms with Gasteiger partial charge in [-0.15, -0.1) is 21.5 Å². The number of benzene rings is 4. The lowest BCUT2D eigenvalue weighted by Crippen LogP contribution is -2.52. The molecule has 0 spiro atoms. The highest BCUT2D eigenvalue weighted by atomic mass is 35.5. The van der Waals surface area contributed by atoms with Gasteiger partial charge in [0.25, 0.3) is 0 Å². The van der Waals surface area contributed by atoms with E-state index in [1.165, 1.54) is 4.88 Å². The second kappa shape index (κ2) is 31.2. The fourth-order valence-corrected chi connectivity index (χ4v) is 13.1. The number of nitrogens with zero attached hydrogens (tertiary/aromatic N) is 7. The van der Waals surface area contributed by atoms with Crippen molar-refractivity contribution in [3.8, 4) is 5.00 Å². The van der Waals surface area contributed by atoms with Crippen molar-refractivity contribution in [3.05, 3.63) is 177 Å². The third-order valence-electron chi connectivity index (χ3n) is 16.0. The molecular weight excluding hydrogens is 1240 g/mol. The number of ketones is 1. The van der Waals surface area contributed by atoms with E-state index < -0.39 is 12.1 Å². The lowest BCUT2D eigenvalue weighted by molar-refractivity contribution is -0.136. The van der Waals surface area contributed by atoms with Crippen LogP contribution in [0.2, 0.25) is 25.1 Å². The van der Waals surface area contributed by atoms with Crippen LogP contribution in [0, 0.1) is 20.8 Å². The zero-order valence-electron chi connectivity index (χ0n) is 49.5. The van der Waals surface area contributed by atoms with Crippen LogP contribution in [0.1, 0.15) is 120 Å². The van der Waals surface area contributed by atoms with Gasteiger partial charge in [0, 0.05) is 117 Å². The normalized spacial score (nSPS) is 16.4. The number of likely N-dealkylation sites (tertiary alicyclic amines) is 1. The number of Topliss-reactive ketones (excluding diaryl/α,β-unsaturated/α-hetero) is 1. The zero-order valence-corrected chi connectivity index (χ0v) is 54.1. The Morgan fingerprint density at radius 2 is 1.28 bits per heavy atom. The molecule has 22 heteroatoms. The van der Waals surface area contributed by atoms with Crippen molar-refractivity contribution in [2.45, 2.75) is 103 Å². The van der Waals surface area contributed by atoms with E-state index in [1.54, 1.807) is 64.8 Å². The molecule has 0 unspecified atom stereocenters. The second-order valence-corrected chi connectivity index (χ2v) is 25.7. The third kappa shape index (κ3) is 17.4. The number of thiophene rings is 1. The first-order valence-electron chi connectivity index (χ1n) is 29.8. The monoisotopic (exact) mass is 1310 g/mol. The number of unbranched alkanes of at least 4 members (excludes halogenated alkanes) is 4. The first-order valence-corrected chi connectivity index (χ1v) is 32.5. The average Bonchev–Trinajstić information content (AvgIpc) is 2.10. The molecule has 0 saturated carbocycles. The summed E-state index contributed by atoms with van der Waals surface area (Å²) in [6, 6.07) is 25.7. The van der Waals surface area contributed by atoms with Gasteiger partial charge in [-0.2, -0.15) is 0 Å². The fraction of sp³-hybridized carbons (Fsp3) is 0.379. The highest BCUT2D eigenvalue weighted by molar-refractivity contribution is 7.15. The Bertz CT molecular complexity index is 3560. The van der Waals surface area contributed by atoms with E-state index in [-0.39, 0.29) is 74.1 Å². The number of nitrogens with one attached hydrogen (secondary N) is 3. The van der Waals surface area contributed by atoms with Crippen LogP contribution in [0.25, 0.3) is 17.2 Å². The van der Waals surface area contributed by atoms with Crippen molar-refractivity contribution in [1.82, 2.24) is 45.4 Å². The molecule has 2 atom stereocenters. The number of carbonyl (C=O) groups is 6. The van der Waals surface area contributed by atoms with Crippen LogP contribution in [0.5, 0.6) is 0 Å². The lowest BCUT2D eigenvalue weighted by Gasteiger charge is -2.34. The Labute approximate surface area is 542 Å². The highest BCUT2D eigenvalue weighted by Crippen LogP contribution is 2.40. The molecule has 3 aliphatic rings. The first kappa shape index (κ1) is 65.7.